The predicted molar refractivity (Wildman–Crippen MR) is 120 cm³/mol. The molecule has 5 rings (SSSR count). The number of H-pyrrole nitrogens is 2. The highest BCUT2D eigenvalue weighted by Gasteiger charge is 2.21. The summed E-state index contributed by atoms with van der Waals surface area (Å²) in [6.07, 6.45) is 3.79. The Balaban J connectivity index is 1.72. The minimum absolute atomic E-state index is 0.156. The number of nitrogens with zero attached hydrogens (tertiary/aromatic N) is 1. The number of para-hydroxylation sites is 4. The summed E-state index contributed by atoms with van der Waals surface area (Å²) in [5.74, 6) is 0.901. The van der Waals surface area contributed by atoms with Gasteiger partial charge in [0.1, 0.15) is 11.6 Å². The number of aromatic amines is 2. The van der Waals surface area contributed by atoms with Gasteiger partial charge in [0, 0.05) is 22.7 Å². The number of nitrogens with one attached hydrogen (secondary N) is 2. The van der Waals surface area contributed by atoms with Crippen molar-refractivity contribution < 1.29 is 9.53 Å². The summed E-state index contributed by atoms with van der Waals surface area (Å²) in [6, 6.07) is 23.0. The lowest BCUT2D eigenvalue weighted by Crippen LogP contribution is -2.06. The Bertz CT molecular complexity index is 1380. The van der Waals surface area contributed by atoms with Crippen molar-refractivity contribution in [2.24, 2.45) is 0 Å². The number of benzene rings is 3. The van der Waals surface area contributed by atoms with E-state index in [1.807, 2.05) is 72.9 Å². The zero-order valence-electron chi connectivity index (χ0n) is 16.3. The van der Waals surface area contributed by atoms with Gasteiger partial charge in [-0.3, -0.25) is 4.79 Å². The third-order valence-corrected chi connectivity index (χ3v) is 5.16. The number of carbonyl (C=O) groups excluding carboxylic acids is 1. The Labute approximate surface area is 173 Å². The van der Waals surface area contributed by atoms with Crippen LogP contribution in [0.25, 0.3) is 33.6 Å². The van der Waals surface area contributed by atoms with Crippen LogP contribution in [0, 0.1) is 0 Å². The van der Waals surface area contributed by atoms with Crippen molar-refractivity contribution in [3.8, 4) is 5.75 Å². The molecule has 30 heavy (non-hydrogen) atoms. The maximum Gasteiger partial charge on any atom is 0.200 e. The number of hydrogen-bond acceptors (Lipinski definition) is 3. The van der Waals surface area contributed by atoms with Crippen LogP contribution in [0.5, 0.6) is 5.75 Å². The topological polar surface area (TPSA) is 70.8 Å². The van der Waals surface area contributed by atoms with E-state index in [1.54, 1.807) is 19.2 Å². The number of fused-ring (bicyclic) bond motifs is 2. The molecule has 0 spiro atoms. The molecule has 5 nitrogen and oxygen atoms in total. The van der Waals surface area contributed by atoms with Crippen molar-refractivity contribution in [2.75, 3.05) is 7.11 Å². The molecule has 0 saturated heterocycles. The van der Waals surface area contributed by atoms with E-state index in [1.165, 1.54) is 0 Å². The molecule has 2 N–H and O–H groups in total. The summed E-state index contributed by atoms with van der Waals surface area (Å²) in [5, 5.41) is 1.04. The van der Waals surface area contributed by atoms with Crippen LogP contribution in [0.15, 0.2) is 79.0 Å². The fourth-order valence-corrected chi connectivity index (χ4v) is 3.67. The Kier molecular flexibility index (Phi) is 4.41. The van der Waals surface area contributed by atoms with Gasteiger partial charge in [0.15, 0.2) is 5.78 Å². The molecule has 0 aliphatic heterocycles. The summed E-state index contributed by atoms with van der Waals surface area (Å²) >= 11 is 0. The number of methoxy groups -OCH3 is 1. The summed E-state index contributed by atoms with van der Waals surface area (Å²) in [5.41, 5.74) is 4.59. The maximum absolute atomic E-state index is 13.6. The van der Waals surface area contributed by atoms with Crippen molar-refractivity contribution in [2.45, 2.75) is 0 Å². The van der Waals surface area contributed by atoms with E-state index in [0.717, 1.165) is 27.5 Å². The fraction of sp³-hybridized carbons (Fsp3) is 0.0400. The second-order valence-corrected chi connectivity index (χ2v) is 6.98. The van der Waals surface area contributed by atoms with Gasteiger partial charge in [-0.2, -0.15) is 0 Å². The van der Waals surface area contributed by atoms with Gasteiger partial charge >= 0.3 is 0 Å². The third kappa shape index (κ3) is 3.06. The zero-order chi connectivity index (χ0) is 20.5. The molecule has 0 atom stereocenters. The number of hydrogen-bond donors (Lipinski definition) is 2. The quantitative estimate of drug-likeness (QED) is 0.307. The molecule has 2 heterocycles. The van der Waals surface area contributed by atoms with Crippen LogP contribution in [-0.2, 0) is 0 Å². The van der Waals surface area contributed by atoms with Gasteiger partial charge in [-0.15, -0.1) is 0 Å². The molecule has 0 radical (unpaired) electrons. The average Bonchev–Trinajstić information content (AvgIpc) is 3.41. The van der Waals surface area contributed by atoms with Crippen molar-refractivity contribution in [1.29, 1.82) is 0 Å². The van der Waals surface area contributed by atoms with Gasteiger partial charge < -0.3 is 14.7 Å². The lowest BCUT2D eigenvalue weighted by molar-refractivity contribution is 0.105. The van der Waals surface area contributed by atoms with E-state index >= 15 is 0 Å². The first-order valence-electron chi connectivity index (χ1n) is 9.65. The lowest BCUT2D eigenvalue weighted by atomic mass is 9.99. The van der Waals surface area contributed by atoms with Crippen molar-refractivity contribution >= 4 is 39.4 Å². The average molecular weight is 393 g/mol. The second kappa shape index (κ2) is 7.37. The molecule has 2 aromatic heterocycles. The largest absolute Gasteiger partial charge is 0.496 e. The monoisotopic (exact) mass is 393 g/mol. The van der Waals surface area contributed by atoms with Gasteiger partial charge in [0.25, 0.3) is 0 Å². The Hall–Kier alpha value is -4.12. The smallest absolute Gasteiger partial charge is 0.200 e. The van der Waals surface area contributed by atoms with E-state index in [4.69, 9.17) is 4.74 Å². The molecule has 0 unspecified atom stereocenters. The summed E-state index contributed by atoms with van der Waals surface area (Å²) in [7, 11) is 1.57. The molecule has 5 aromatic rings. The molecule has 0 aliphatic carbocycles. The summed E-state index contributed by atoms with van der Waals surface area (Å²) in [4.78, 5) is 24.9. The highest BCUT2D eigenvalue weighted by atomic mass is 16.5. The van der Waals surface area contributed by atoms with Crippen molar-refractivity contribution in [1.82, 2.24) is 15.0 Å². The van der Waals surface area contributed by atoms with E-state index in [-0.39, 0.29) is 5.78 Å². The molecule has 0 amide bonds. The molecular formula is C25H19N3O2. The molecule has 0 saturated carbocycles. The molecule has 0 fully saturated rings. The number of ether oxygens (including phenoxy) is 1. The van der Waals surface area contributed by atoms with Crippen LogP contribution in [0.2, 0.25) is 0 Å². The third-order valence-electron chi connectivity index (χ3n) is 5.16. The second-order valence-electron chi connectivity index (χ2n) is 6.98. The number of imidazole rings is 1. The maximum atomic E-state index is 13.6. The van der Waals surface area contributed by atoms with E-state index in [2.05, 4.69) is 15.0 Å². The molecular weight excluding hydrogens is 374 g/mol. The highest BCUT2D eigenvalue weighted by Crippen LogP contribution is 2.29. The number of Topliss-reactive ketones (excluding diaryl/α,β-unsaturated/α-hetero) is 1. The number of allylic oxidation sites excluding steroid dienone is 1. The van der Waals surface area contributed by atoms with Gasteiger partial charge in [0.2, 0.25) is 0 Å². The zero-order valence-corrected chi connectivity index (χ0v) is 16.3. The SMILES string of the molecule is COc1ccccc1C(=O)/C(=C/c1c[nH]c2ccccc12)c1nc2ccccc2[nH]1. The Morgan fingerprint density at radius 1 is 0.933 bits per heavy atom. The summed E-state index contributed by atoms with van der Waals surface area (Å²) in [6.45, 7) is 0. The van der Waals surface area contributed by atoms with E-state index < -0.39 is 0 Å². The first-order chi connectivity index (χ1) is 14.7. The molecule has 5 heteroatoms. The molecule has 0 aliphatic rings. The predicted octanol–water partition coefficient (Wildman–Crippen LogP) is 5.48. The summed E-state index contributed by atoms with van der Waals surface area (Å²) < 4.78 is 5.43. The molecule has 3 aromatic carbocycles. The first kappa shape index (κ1) is 17.9. The number of rotatable bonds is 5. The first-order valence-corrected chi connectivity index (χ1v) is 9.65. The molecule has 146 valence electrons. The standard InChI is InChI=1S/C25H19N3O2/c1-30-23-13-7-3-9-18(23)24(29)19(25-27-21-11-5-6-12-22(21)28-25)14-16-15-26-20-10-4-2-8-17(16)20/h2-15,26H,1H3,(H,27,28)/b19-14-. The highest BCUT2D eigenvalue weighted by molar-refractivity contribution is 6.33. The minimum Gasteiger partial charge on any atom is -0.496 e. The van der Waals surface area contributed by atoms with Gasteiger partial charge in [0.05, 0.1) is 29.3 Å². The fourth-order valence-electron chi connectivity index (χ4n) is 3.67. The Morgan fingerprint density at radius 2 is 1.67 bits per heavy atom. The van der Waals surface area contributed by atoms with Gasteiger partial charge in [-0.25, -0.2) is 4.98 Å². The van der Waals surface area contributed by atoms with E-state index in [0.29, 0.717) is 22.7 Å². The van der Waals surface area contributed by atoms with Crippen LogP contribution in [-0.4, -0.2) is 27.8 Å². The van der Waals surface area contributed by atoms with E-state index in [9.17, 15) is 4.79 Å². The van der Waals surface area contributed by atoms with Crippen LogP contribution in [0.4, 0.5) is 0 Å². The van der Waals surface area contributed by atoms with Gasteiger partial charge in [-0.1, -0.05) is 42.5 Å². The van der Waals surface area contributed by atoms with Gasteiger partial charge in [-0.05, 0) is 36.4 Å². The number of ketones is 1. The van der Waals surface area contributed by atoms with Crippen LogP contribution in [0.3, 0.4) is 0 Å². The van der Waals surface area contributed by atoms with Crippen molar-refractivity contribution in [3.05, 3.63) is 95.9 Å². The van der Waals surface area contributed by atoms with Crippen LogP contribution in [0.1, 0.15) is 21.7 Å². The minimum atomic E-state index is -0.156. The number of carbonyl (C=O) groups is 1. The van der Waals surface area contributed by atoms with Crippen LogP contribution < -0.4 is 4.74 Å². The molecule has 0 bridgehead atoms. The lowest BCUT2D eigenvalue weighted by Gasteiger charge is -2.09. The number of aromatic nitrogens is 3. The normalized spacial score (nSPS) is 11.8. The van der Waals surface area contributed by atoms with Crippen molar-refractivity contribution in [3.63, 3.8) is 0 Å². The Morgan fingerprint density at radius 3 is 2.50 bits per heavy atom. The van der Waals surface area contributed by atoms with Crippen LogP contribution >= 0.6 is 0 Å².